The lowest BCUT2D eigenvalue weighted by Gasteiger charge is -2.24. The molecule has 1 heterocycles. The quantitative estimate of drug-likeness (QED) is 0.917. The Morgan fingerprint density at radius 3 is 2.81 bits per heavy atom. The van der Waals surface area contributed by atoms with Gasteiger partial charge in [-0.1, -0.05) is 24.3 Å². The highest BCUT2D eigenvalue weighted by molar-refractivity contribution is 6.16. The van der Waals surface area contributed by atoms with Crippen molar-refractivity contribution in [2.75, 3.05) is 16.8 Å². The van der Waals surface area contributed by atoms with Crippen LogP contribution in [0.4, 0.5) is 21.5 Å². The minimum Gasteiger partial charge on any atom is -0.322 e. The molecule has 132 valence electrons. The maximum absolute atomic E-state index is 13.8. The average molecular weight is 351 g/mol. The molecule has 0 spiro atoms. The van der Waals surface area contributed by atoms with Crippen molar-refractivity contribution in [2.24, 2.45) is 10.9 Å². The van der Waals surface area contributed by atoms with Crippen LogP contribution in [0.1, 0.15) is 19.3 Å². The molecule has 1 fully saturated rings. The van der Waals surface area contributed by atoms with Gasteiger partial charge in [0.05, 0.1) is 23.0 Å². The van der Waals surface area contributed by atoms with E-state index in [0.29, 0.717) is 11.4 Å². The molecule has 2 aliphatic rings. The Morgan fingerprint density at radius 1 is 1.19 bits per heavy atom. The van der Waals surface area contributed by atoms with Gasteiger partial charge in [0.25, 0.3) is 0 Å². The summed E-state index contributed by atoms with van der Waals surface area (Å²) in [5.41, 5.74) is 2.30. The summed E-state index contributed by atoms with van der Waals surface area (Å²) in [4.78, 5) is 31.7. The minimum absolute atomic E-state index is 0.103. The van der Waals surface area contributed by atoms with Crippen LogP contribution in [0.3, 0.4) is 0 Å². The molecule has 0 bridgehead atoms. The van der Waals surface area contributed by atoms with E-state index in [0.717, 1.165) is 25.0 Å². The molecule has 0 unspecified atom stereocenters. The van der Waals surface area contributed by atoms with Crippen LogP contribution >= 0.6 is 0 Å². The van der Waals surface area contributed by atoms with Crippen LogP contribution in [0.2, 0.25) is 0 Å². The first-order valence-corrected chi connectivity index (χ1v) is 8.66. The Balaban J connectivity index is 1.62. The predicted octanol–water partition coefficient (Wildman–Crippen LogP) is 3.68. The molecule has 0 aromatic heterocycles. The van der Waals surface area contributed by atoms with Crippen molar-refractivity contribution in [1.82, 2.24) is 0 Å². The van der Waals surface area contributed by atoms with Crippen LogP contribution < -0.4 is 10.2 Å². The number of halogens is 1. The molecular weight excluding hydrogens is 333 g/mol. The summed E-state index contributed by atoms with van der Waals surface area (Å²) >= 11 is 0. The second-order valence-corrected chi connectivity index (χ2v) is 6.49. The molecule has 0 saturated heterocycles. The van der Waals surface area contributed by atoms with E-state index in [9.17, 15) is 14.0 Å². The second-order valence-electron chi connectivity index (χ2n) is 6.49. The van der Waals surface area contributed by atoms with E-state index >= 15 is 0 Å². The lowest BCUT2D eigenvalue weighted by Crippen LogP contribution is -2.41. The number of para-hydroxylation sites is 3. The first-order chi connectivity index (χ1) is 12.6. The fourth-order valence-electron chi connectivity index (χ4n) is 3.54. The minimum atomic E-state index is -0.509. The molecule has 0 radical (unpaired) electrons. The van der Waals surface area contributed by atoms with Crippen molar-refractivity contribution in [3.63, 3.8) is 0 Å². The smallest absolute Gasteiger partial charge is 0.244 e. The maximum Gasteiger partial charge on any atom is 0.244 e. The second kappa shape index (κ2) is 6.71. The molecule has 1 N–H and O–H groups in total. The summed E-state index contributed by atoms with van der Waals surface area (Å²) in [6, 6.07) is 13.3. The Bertz CT molecular complexity index is 909. The number of hydrogen-bond acceptors (Lipinski definition) is 3. The normalized spacial score (nSPS) is 18.7. The highest BCUT2D eigenvalue weighted by atomic mass is 19.1. The molecule has 1 aliphatic heterocycles. The van der Waals surface area contributed by atoms with Gasteiger partial charge in [-0.25, -0.2) is 4.39 Å². The average Bonchev–Trinajstić information content (AvgIpc) is 3.06. The summed E-state index contributed by atoms with van der Waals surface area (Å²) < 4.78 is 13.8. The fraction of sp³-hybridized carbons (Fsp3) is 0.250. The van der Waals surface area contributed by atoms with Crippen LogP contribution in [0.25, 0.3) is 0 Å². The van der Waals surface area contributed by atoms with Gasteiger partial charge >= 0.3 is 0 Å². The van der Waals surface area contributed by atoms with Crippen molar-refractivity contribution in [1.29, 1.82) is 0 Å². The van der Waals surface area contributed by atoms with Crippen LogP contribution in [0.15, 0.2) is 53.5 Å². The van der Waals surface area contributed by atoms with Crippen LogP contribution in [-0.2, 0) is 9.59 Å². The Morgan fingerprint density at radius 2 is 1.96 bits per heavy atom. The number of nitrogens with one attached hydrogen (secondary N) is 1. The Labute approximate surface area is 150 Å². The fourth-order valence-corrected chi connectivity index (χ4v) is 3.54. The van der Waals surface area contributed by atoms with Crippen LogP contribution in [0.5, 0.6) is 0 Å². The summed E-state index contributed by atoms with van der Waals surface area (Å²) in [6.45, 7) is -0.177. The van der Waals surface area contributed by atoms with Gasteiger partial charge in [-0.2, -0.15) is 0 Å². The molecule has 5 nitrogen and oxygen atoms in total. The number of carbonyl (C=O) groups is 2. The third-order valence-electron chi connectivity index (χ3n) is 4.78. The summed E-state index contributed by atoms with van der Waals surface area (Å²) in [7, 11) is 0. The lowest BCUT2D eigenvalue weighted by atomic mass is 10.1. The van der Waals surface area contributed by atoms with Gasteiger partial charge in [0.2, 0.25) is 11.8 Å². The predicted molar refractivity (Wildman–Crippen MR) is 98.3 cm³/mol. The van der Waals surface area contributed by atoms with E-state index in [2.05, 4.69) is 10.3 Å². The van der Waals surface area contributed by atoms with Crippen molar-refractivity contribution in [3.8, 4) is 0 Å². The van der Waals surface area contributed by atoms with E-state index in [-0.39, 0.29) is 24.1 Å². The number of amides is 2. The zero-order chi connectivity index (χ0) is 18.1. The van der Waals surface area contributed by atoms with Crippen molar-refractivity contribution < 1.29 is 14.0 Å². The van der Waals surface area contributed by atoms with Gasteiger partial charge in [-0.15, -0.1) is 0 Å². The maximum atomic E-state index is 13.8. The highest BCUT2D eigenvalue weighted by Gasteiger charge is 2.37. The van der Waals surface area contributed by atoms with Crippen molar-refractivity contribution in [2.45, 2.75) is 19.3 Å². The number of hydrogen-bond donors (Lipinski definition) is 1. The molecular formula is C20H18FN3O2. The Hall–Kier alpha value is -3.02. The van der Waals surface area contributed by atoms with Crippen molar-refractivity contribution >= 4 is 34.6 Å². The van der Waals surface area contributed by atoms with Gasteiger partial charge in [0.1, 0.15) is 12.4 Å². The molecule has 1 aliphatic carbocycles. The number of aliphatic imine (C=N–C) groups is 1. The van der Waals surface area contributed by atoms with Gasteiger partial charge in [-0.05, 0) is 43.5 Å². The van der Waals surface area contributed by atoms with Gasteiger partial charge < -0.3 is 10.2 Å². The van der Waals surface area contributed by atoms with Crippen LogP contribution in [0, 0.1) is 11.7 Å². The van der Waals surface area contributed by atoms with Crippen molar-refractivity contribution in [3.05, 3.63) is 54.3 Å². The number of benzene rings is 2. The molecule has 2 amide bonds. The summed E-state index contributed by atoms with van der Waals surface area (Å²) in [6.07, 6.45) is 2.48. The van der Waals surface area contributed by atoms with E-state index < -0.39 is 11.7 Å². The van der Waals surface area contributed by atoms with E-state index in [1.807, 2.05) is 18.2 Å². The van der Waals surface area contributed by atoms with Crippen LogP contribution in [-0.4, -0.2) is 24.1 Å². The SMILES string of the molecule is O=C(CN1C(=O)[C@@H]2CCCC2=Nc2ccccc21)Nc1ccccc1F. The zero-order valence-corrected chi connectivity index (χ0v) is 14.1. The summed E-state index contributed by atoms with van der Waals surface area (Å²) in [5, 5.41) is 2.54. The van der Waals surface area contributed by atoms with Gasteiger partial charge in [0, 0.05) is 5.71 Å². The molecule has 2 aromatic rings. The third-order valence-corrected chi connectivity index (χ3v) is 4.78. The van der Waals surface area contributed by atoms with E-state index in [4.69, 9.17) is 0 Å². The standard InChI is InChI=1S/C20H18FN3O2/c21-14-7-1-2-8-16(14)23-19(25)12-24-18-11-4-3-9-17(18)22-15-10-5-6-13(15)20(24)26/h1-4,7-9,11,13H,5-6,10,12H2,(H,23,25)/t13-/m1/s1. The summed E-state index contributed by atoms with van der Waals surface area (Å²) in [5.74, 6) is -1.34. The first-order valence-electron chi connectivity index (χ1n) is 8.66. The third kappa shape index (κ3) is 2.98. The number of carbonyl (C=O) groups excluding carboxylic acids is 2. The highest BCUT2D eigenvalue weighted by Crippen LogP contribution is 2.37. The topological polar surface area (TPSA) is 61.8 Å². The molecule has 2 aromatic carbocycles. The van der Waals surface area contributed by atoms with E-state index in [1.54, 1.807) is 18.2 Å². The zero-order valence-electron chi connectivity index (χ0n) is 14.1. The molecule has 6 heteroatoms. The molecule has 26 heavy (non-hydrogen) atoms. The van der Waals surface area contributed by atoms with Gasteiger partial charge in [-0.3, -0.25) is 14.6 Å². The van der Waals surface area contributed by atoms with Gasteiger partial charge in [0.15, 0.2) is 0 Å². The number of fused-ring (bicyclic) bond motifs is 2. The molecule has 1 atom stereocenters. The molecule has 1 saturated carbocycles. The monoisotopic (exact) mass is 351 g/mol. The lowest BCUT2D eigenvalue weighted by molar-refractivity contribution is -0.123. The first kappa shape index (κ1) is 16.4. The molecule has 4 rings (SSSR count). The number of anilines is 2. The largest absolute Gasteiger partial charge is 0.322 e. The Kier molecular flexibility index (Phi) is 4.24. The number of rotatable bonds is 3. The van der Waals surface area contributed by atoms with E-state index in [1.165, 1.54) is 17.0 Å². The number of nitrogens with zero attached hydrogens (tertiary/aromatic N) is 2.